The monoisotopic (exact) mass is 276 g/mol. The Morgan fingerprint density at radius 2 is 2.15 bits per heavy atom. The van der Waals surface area contributed by atoms with Crippen LogP contribution < -0.4 is 11.3 Å². The highest BCUT2D eigenvalue weighted by molar-refractivity contribution is 6.06. The van der Waals surface area contributed by atoms with Crippen LogP contribution in [0.25, 0.3) is 11.0 Å². The Hall–Kier alpha value is -1.85. The second-order valence-corrected chi connectivity index (χ2v) is 4.63. The van der Waals surface area contributed by atoms with Crippen LogP contribution in [0, 0.1) is 0 Å². The van der Waals surface area contributed by atoms with Gasteiger partial charge in [0.15, 0.2) is 0 Å². The van der Waals surface area contributed by atoms with Crippen molar-refractivity contribution in [2.75, 3.05) is 6.61 Å². The third-order valence-electron chi connectivity index (χ3n) is 3.15. The number of nitrogens with one attached hydrogen (secondary N) is 1. The number of fused-ring (bicyclic) bond motifs is 1. The van der Waals surface area contributed by atoms with Gasteiger partial charge in [0.05, 0.1) is 5.56 Å². The van der Waals surface area contributed by atoms with Crippen molar-refractivity contribution in [3.8, 4) is 0 Å². The zero-order chi connectivity index (χ0) is 14.4. The number of carbonyl (C=O) groups excluding carboxylic acids is 1. The molecule has 0 atom stereocenters. The van der Waals surface area contributed by atoms with Crippen LogP contribution in [0.15, 0.2) is 28.7 Å². The van der Waals surface area contributed by atoms with Gasteiger partial charge in [0.2, 0.25) is 0 Å². The summed E-state index contributed by atoms with van der Waals surface area (Å²) in [6, 6.07) is 7.38. The first-order chi connectivity index (χ1) is 9.77. The van der Waals surface area contributed by atoms with E-state index in [1.807, 2.05) is 24.3 Å². The first-order valence-corrected chi connectivity index (χ1v) is 6.87. The van der Waals surface area contributed by atoms with Gasteiger partial charge in [-0.05, 0) is 12.5 Å². The minimum Gasteiger partial charge on any atom is -0.458 e. The molecule has 1 heterocycles. The van der Waals surface area contributed by atoms with Crippen molar-refractivity contribution in [2.45, 2.75) is 32.8 Å². The van der Waals surface area contributed by atoms with Crippen LogP contribution in [-0.2, 0) is 11.3 Å². The van der Waals surface area contributed by atoms with Crippen LogP contribution in [0.4, 0.5) is 0 Å². The first kappa shape index (κ1) is 14.6. The normalized spacial score (nSPS) is 10.9. The molecule has 20 heavy (non-hydrogen) atoms. The third-order valence-corrected chi connectivity index (χ3v) is 3.15. The molecule has 0 spiro atoms. The summed E-state index contributed by atoms with van der Waals surface area (Å²) < 4.78 is 11.3. The van der Waals surface area contributed by atoms with Gasteiger partial charge in [-0.2, -0.15) is 0 Å². The summed E-state index contributed by atoms with van der Waals surface area (Å²) >= 11 is 0. The molecule has 1 amide bonds. The van der Waals surface area contributed by atoms with Crippen molar-refractivity contribution < 1.29 is 13.9 Å². The maximum atomic E-state index is 11.9. The lowest BCUT2D eigenvalue weighted by molar-refractivity contribution is 0.0915. The minimum absolute atomic E-state index is 0.279. The summed E-state index contributed by atoms with van der Waals surface area (Å²) in [7, 11) is 0. The molecule has 0 saturated heterocycles. The van der Waals surface area contributed by atoms with E-state index in [0.717, 1.165) is 24.6 Å². The van der Waals surface area contributed by atoms with Crippen molar-refractivity contribution in [2.24, 2.45) is 5.84 Å². The Morgan fingerprint density at radius 3 is 2.90 bits per heavy atom. The average Bonchev–Trinajstić information content (AvgIpc) is 2.84. The molecule has 0 bridgehead atoms. The van der Waals surface area contributed by atoms with Crippen LogP contribution in [0.5, 0.6) is 0 Å². The number of carbonyl (C=O) groups is 1. The molecule has 0 aliphatic rings. The molecule has 0 aliphatic heterocycles. The zero-order valence-electron chi connectivity index (χ0n) is 11.6. The molecule has 2 rings (SSSR count). The highest BCUT2D eigenvalue weighted by atomic mass is 16.5. The Balaban J connectivity index is 2.16. The predicted octanol–water partition coefficient (Wildman–Crippen LogP) is 2.74. The maximum absolute atomic E-state index is 11.9. The number of nitrogen functional groups attached to an aromatic ring is 1. The van der Waals surface area contributed by atoms with Gasteiger partial charge in [0.1, 0.15) is 18.0 Å². The van der Waals surface area contributed by atoms with Crippen molar-refractivity contribution in [1.29, 1.82) is 0 Å². The quantitative estimate of drug-likeness (QED) is 0.353. The zero-order valence-corrected chi connectivity index (χ0v) is 11.6. The molecule has 108 valence electrons. The Kier molecular flexibility index (Phi) is 5.15. The number of benzene rings is 1. The lowest BCUT2D eigenvalue weighted by Crippen LogP contribution is -2.30. The molecular weight excluding hydrogens is 256 g/mol. The molecule has 3 N–H and O–H groups in total. The fourth-order valence-corrected chi connectivity index (χ4v) is 2.14. The molecule has 1 aromatic heterocycles. The molecule has 5 heteroatoms. The number of hydrogen-bond acceptors (Lipinski definition) is 4. The van der Waals surface area contributed by atoms with Gasteiger partial charge in [-0.1, -0.05) is 38.0 Å². The number of amides is 1. The molecule has 1 aromatic carbocycles. The number of furan rings is 1. The van der Waals surface area contributed by atoms with E-state index >= 15 is 0 Å². The van der Waals surface area contributed by atoms with E-state index in [4.69, 9.17) is 15.0 Å². The maximum Gasteiger partial charge on any atom is 0.269 e. The van der Waals surface area contributed by atoms with E-state index in [0.29, 0.717) is 23.5 Å². The van der Waals surface area contributed by atoms with Crippen LogP contribution >= 0.6 is 0 Å². The van der Waals surface area contributed by atoms with E-state index < -0.39 is 0 Å². The van der Waals surface area contributed by atoms with Gasteiger partial charge in [-0.25, -0.2) is 5.84 Å². The number of ether oxygens (including phenoxy) is 1. The predicted molar refractivity (Wildman–Crippen MR) is 77.0 cm³/mol. The van der Waals surface area contributed by atoms with Gasteiger partial charge < -0.3 is 9.15 Å². The van der Waals surface area contributed by atoms with Crippen molar-refractivity contribution in [3.05, 3.63) is 35.6 Å². The Morgan fingerprint density at radius 1 is 1.35 bits per heavy atom. The SMILES string of the molecule is CCCCCOCc1oc2ccccc2c1C(=O)NN. The van der Waals surface area contributed by atoms with Gasteiger partial charge in [0, 0.05) is 12.0 Å². The molecule has 0 unspecified atom stereocenters. The van der Waals surface area contributed by atoms with Crippen LogP contribution in [0.2, 0.25) is 0 Å². The largest absolute Gasteiger partial charge is 0.458 e. The van der Waals surface area contributed by atoms with Gasteiger partial charge in [0.25, 0.3) is 5.91 Å². The van der Waals surface area contributed by atoms with E-state index in [-0.39, 0.29) is 12.5 Å². The van der Waals surface area contributed by atoms with Crippen LogP contribution in [0.1, 0.15) is 42.3 Å². The average molecular weight is 276 g/mol. The van der Waals surface area contributed by atoms with Gasteiger partial charge >= 0.3 is 0 Å². The second-order valence-electron chi connectivity index (χ2n) is 4.63. The molecule has 0 aliphatic carbocycles. The fraction of sp³-hybridized carbons (Fsp3) is 0.400. The minimum atomic E-state index is -0.359. The van der Waals surface area contributed by atoms with Crippen LogP contribution in [-0.4, -0.2) is 12.5 Å². The van der Waals surface area contributed by atoms with Crippen LogP contribution in [0.3, 0.4) is 0 Å². The number of hydrogen-bond donors (Lipinski definition) is 2. The Labute approximate surface area is 118 Å². The number of rotatable bonds is 7. The lowest BCUT2D eigenvalue weighted by atomic mass is 10.1. The topological polar surface area (TPSA) is 77.5 Å². The highest BCUT2D eigenvalue weighted by Crippen LogP contribution is 2.26. The second kappa shape index (κ2) is 7.07. The van der Waals surface area contributed by atoms with Gasteiger partial charge in [-0.3, -0.25) is 10.2 Å². The van der Waals surface area contributed by atoms with E-state index in [1.165, 1.54) is 0 Å². The van der Waals surface area contributed by atoms with Crippen molar-refractivity contribution in [1.82, 2.24) is 5.43 Å². The summed E-state index contributed by atoms with van der Waals surface area (Å²) in [6.07, 6.45) is 3.29. The first-order valence-electron chi connectivity index (χ1n) is 6.87. The lowest BCUT2D eigenvalue weighted by Gasteiger charge is -2.04. The third kappa shape index (κ3) is 3.18. The van der Waals surface area contributed by atoms with Crippen molar-refractivity contribution in [3.63, 3.8) is 0 Å². The number of hydrazine groups is 1. The summed E-state index contributed by atoms with van der Waals surface area (Å²) in [4.78, 5) is 11.9. The highest BCUT2D eigenvalue weighted by Gasteiger charge is 2.19. The molecule has 0 saturated carbocycles. The summed E-state index contributed by atoms with van der Waals surface area (Å²) in [5.74, 6) is 5.40. The number of para-hydroxylation sites is 1. The summed E-state index contributed by atoms with van der Waals surface area (Å²) in [6.45, 7) is 3.08. The summed E-state index contributed by atoms with van der Waals surface area (Å²) in [5, 5.41) is 0.752. The molecule has 2 aromatic rings. The van der Waals surface area contributed by atoms with Crippen molar-refractivity contribution >= 4 is 16.9 Å². The van der Waals surface area contributed by atoms with E-state index in [1.54, 1.807) is 0 Å². The molecular formula is C15H20N2O3. The van der Waals surface area contributed by atoms with E-state index in [2.05, 4.69) is 12.3 Å². The fourth-order valence-electron chi connectivity index (χ4n) is 2.14. The number of nitrogens with two attached hydrogens (primary N) is 1. The van der Waals surface area contributed by atoms with Gasteiger partial charge in [-0.15, -0.1) is 0 Å². The van der Waals surface area contributed by atoms with E-state index in [9.17, 15) is 4.79 Å². The number of unbranched alkanes of at least 4 members (excludes halogenated alkanes) is 2. The molecule has 0 radical (unpaired) electrons. The summed E-state index contributed by atoms with van der Waals surface area (Å²) in [5.41, 5.74) is 3.28. The smallest absolute Gasteiger partial charge is 0.269 e. The molecule has 0 fully saturated rings. The molecule has 5 nitrogen and oxygen atoms in total. The Bertz CT molecular complexity index is 578. The standard InChI is InChI=1S/C15H20N2O3/c1-2-3-6-9-19-10-13-14(15(18)17-16)11-7-4-5-8-12(11)20-13/h4-5,7-8H,2-3,6,9-10,16H2,1H3,(H,17,18).